The lowest BCUT2D eigenvalue weighted by Gasteiger charge is -2.25. The van der Waals surface area contributed by atoms with Crippen LogP contribution in [0.3, 0.4) is 0 Å². The average molecular weight is 302 g/mol. The van der Waals surface area contributed by atoms with Gasteiger partial charge in [-0.2, -0.15) is 0 Å². The first-order chi connectivity index (χ1) is 10.0. The van der Waals surface area contributed by atoms with E-state index >= 15 is 0 Å². The standard InChI is InChI=1S/C18H20ClNO/c1-18(20,15-3-5-16(19)6-4-15)10-8-13-2-7-17-14(12-13)9-11-21-17/h2-7,12H,8-11,20H2,1H3. The number of hydrogen-bond acceptors (Lipinski definition) is 2. The third-order valence-corrected chi connectivity index (χ3v) is 4.44. The first-order valence-corrected chi connectivity index (χ1v) is 7.72. The van der Waals surface area contributed by atoms with Gasteiger partial charge in [-0.25, -0.2) is 0 Å². The third kappa shape index (κ3) is 3.22. The zero-order valence-corrected chi connectivity index (χ0v) is 13.0. The van der Waals surface area contributed by atoms with Crippen molar-refractivity contribution in [2.24, 2.45) is 5.73 Å². The lowest BCUT2D eigenvalue weighted by molar-refractivity contribution is 0.357. The maximum Gasteiger partial charge on any atom is 0.122 e. The van der Waals surface area contributed by atoms with Crippen molar-refractivity contribution in [3.63, 3.8) is 0 Å². The molecular weight excluding hydrogens is 282 g/mol. The highest BCUT2D eigenvalue weighted by atomic mass is 35.5. The Morgan fingerprint density at radius 1 is 1.19 bits per heavy atom. The van der Waals surface area contributed by atoms with Crippen LogP contribution >= 0.6 is 11.6 Å². The Bertz CT molecular complexity index is 634. The Balaban J connectivity index is 1.70. The van der Waals surface area contributed by atoms with Crippen LogP contribution in [0.25, 0.3) is 0 Å². The molecule has 3 heteroatoms. The SMILES string of the molecule is CC(N)(CCc1ccc2c(c1)CCO2)c1ccc(Cl)cc1. The van der Waals surface area contributed by atoms with Gasteiger partial charge in [0.15, 0.2) is 0 Å². The second-order valence-electron chi connectivity index (χ2n) is 5.96. The van der Waals surface area contributed by atoms with Crippen molar-refractivity contribution in [3.8, 4) is 5.75 Å². The third-order valence-electron chi connectivity index (χ3n) is 4.19. The Morgan fingerprint density at radius 2 is 1.95 bits per heavy atom. The fourth-order valence-corrected chi connectivity index (χ4v) is 2.90. The van der Waals surface area contributed by atoms with E-state index in [1.807, 2.05) is 24.3 Å². The summed E-state index contributed by atoms with van der Waals surface area (Å²) in [7, 11) is 0. The van der Waals surface area contributed by atoms with E-state index in [4.69, 9.17) is 22.1 Å². The zero-order valence-electron chi connectivity index (χ0n) is 12.2. The minimum Gasteiger partial charge on any atom is -0.493 e. The van der Waals surface area contributed by atoms with Gasteiger partial charge < -0.3 is 10.5 Å². The quantitative estimate of drug-likeness (QED) is 0.923. The molecule has 0 saturated heterocycles. The molecule has 3 rings (SSSR count). The van der Waals surface area contributed by atoms with Crippen molar-refractivity contribution in [2.75, 3.05) is 6.61 Å². The molecule has 1 aliphatic rings. The van der Waals surface area contributed by atoms with E-state index in [9.17, 15) is 0 Å². The molecule has 0 fully saturated rings. The molecule has 21 heavy (non-hydrogen) atoms. The van der Waals surface area contributed by atoms with E-state index in [2.05, 4.69) is 25.1 Å². The maximum atomic E-state index is 6.48. The molecule has 0 aliphatic carbocycles. The van der Waals surface area contributed by atoms with E-state index in [1.165, 1.54) is 11.1 Å². The first kappa shape index (κ1) is 14.4. The van der Waals surface area contributed by atoms with Crippen LogP contribution in [0, 0.1) is 0 Å². The summed E-state index contributed by atoms with van der Waals surface area (Å²) >= 11 is 5.94. The number of nitrogens with two attached hydrogens (primary N) is 1. The monoisotopic (exact) mass is 301 g/mol. The van der Waals surface area contributed by atoms with Crippen LogP contribution in [0.15, 0.2) is 42.5 Å². The molecule has 0 radical (unpaired) electrons. The molecule has 1 aliphatic heterocycles. The topological polar surface area (TPSA) is 35.2 Å². The predicted molar refractivity (Wildman–Crippen MR) is 87.0 cm³/mol. The Morgan fingerprint density at radius 3 is 2.71 bits per heavy atom. The normalized spacial score (nSPS) is 16.1. The highest BCUT2D eigenvalue weighted by molar-refractivity contribution is 6.30. The number of hydrogen-bond donors (Lipinski definition) is 1. The molecule has 0 spiro atoms. The van der Waals surface area contributed by atoms with Crippen molar-refractivity contribution in [3.05, 3.63) is 64.2 Å². The van der Waals surface area contributed by atoms with E-state index in [1.54, 1.807) is 0 Å². The number of rotatable bonds is 4. The highest BCUT2D eigenvalue weighted by Crippen LogP contribution is 2.29. The van der Waals surface area contributed by atoms with Crippen molar-refractivity contribution >= 4 is 11.6 Å². The maximum absolute atomic E-state index is 6.48. The number of halogens is 1. The fourth-order valence-electron chi connectivity index (χ4n) is 2.77. The van der Waals surface area contributed by atoms with Crippen molar-refractivity contribution in [1.29, 1.82) is 0 Å². The van der Waals surface area contributed by atoms with Crippen LogP contribution in [0.5, 0.6) is 5.75 Å². The molecule has 2 aromatic rings. The second kappa shape index (κ2) is 5.70. The summed E-state index contributed by atoms with van der Waals surface area (Å²) in [6.45, 7) is 2.88. The van der Waals surface area contributed by atoms with Gasteiger partial charge in [0.1, 0.15) is 5.75 Å². The Hall–Kier alpha value is -1.51. The predicted octanol–water partition coefficient (Wildman–Crippen LogP) is 4.08. The Labute approximate surface area is 130 Å². The second-order valence-corrected chi connectivity index (χ2v) is 6.40. The number of fused-ring (bicyclic) bond motifs is 1. The molecule has 1 atom stereocenters. The van der Waals surface area contributed by atoms with Gasteiger partial charge in [0, 0.05) is 17.0 Å². The van der Waals surface area contributed by atoms with Gasteiger partial charge in [-0.15, -0.1) is 0 Å². The molecule has 0 amide bonds. The molecule has 0 saturated carbocycles. The van der Waals surface area contributed by atoms with Gasteiger partial charge in [0.2, 0.25) is 0 Å². The van der Waals surface area contributed by atoms with Crippen LogP contribution in [-0.4, -0.2) is 6.61 Å². The lowest BCUT2D eigenvalue weighted by atomic mass is 9.87. The molecule has 0 aromatic heterocycles. The summed E-state index contributed by atoms with van der Waals surface area (Å²) in [6, 6.07) is 14.3. The Kier molecular flexibility index (Phi) is 3.92. The van der Waals surface area contributed by atoms with E-state index in [0.717, 1.165) is 42.2 Å². The summed E-state index contributed by atoms with van der Waals surface area (Å²) in [6.07, 6.45) is 2.87. The van der Waals surface area contributed by atoms with Gasteiger partial charge in [0.25, 0.3) is 0 Å². The van der Waals surface area contributed by atoms with E-state index in [0.29, 0.717) is 0 Å². The summed E-state index contributed by atoms with van der Waals surface area (Å²) in [4.78, 5) is 0. The van der Waals surface area contributed by atoms with Gasteiger partial charge in [-0.3, -0.25) is 0 Å². The lowest BCUT2D eigenvalue weighted by Crippen LogP contribution is -2.33. The van der Waals surface area contributed by atoms with Crippen molar-refractivity contribution in [2.45, 2.75) is 31.7 Å². The van der Waals surface area contributed by atoms with Gasteiger partial charge in [0.05, 0.1) is 6.61 Å². The molecule has 1 unspecified atom stereocenters. The van der Waals surface area contributed by atoms with Crippen LogP contribution in [-0.2, 0) is 18.4 Å². The average Bonchev–Trinajstić information content (AvgIpc) is 2.93. The minimum atomic E-state index is -0.347. The summed E-state index contributed by atoms with van der Waals surface area (Å²) in [5.74, 6) is 1.03. The summed E-state index contributed by atoms with van der Waals surface area (Å²) in [5.41, 5.74) is 9.90. The van der Waals surface area contributed by atoms with Crippen LogP contribution in [0.1, 0.15) is 30.0 Å². The van der Waals surface area contributed by atoms with Crippen molar-refractivity contribution in [1.82, 2.24) is 0 Å². The van der Waals surface area contributed by atoms with Gasteiger partial charge >= 0.3 is 0 Å². The van der Waals surface area contributed by atoms with E-state index < -0.39 is 0 Å². The van der Waals surface area contributed by atoms with Gasteiger partial charge in [-0.1, -0.05) is 35.9 Å². The summed E-state index contributed by atoms with van der Waals surface area (Å²) in [5, 5.41) is 0.744. The van der Waals surface area contributed by atoms with Crippen molar-refractivity contribution < 1.29 is 4.74 Å². The van der Waals surface area contributed by atoms with Crippen LogP contribution in [0.4, 0.5) is 0 Å². The zero-order chi connectivity index (χ0) is 14.9. The largest absolute Gasteiger partial charge is 0.493 e. The van der Waals surface area contributed by atoms with E-state index in [-0.39, 0.29) is 5.54 Å². The van der Waals surface area contributed by atoms with Crippen LogP contribution < -0.4 is 10.5 Å². The number of benzene rings is 2. The molecule has 2 nitrogen and oxygen atoms in total. The minimum absolute atomic E-state index is 0.347. The molecule has 110 valence electrons. The number of aryl methyl sites for hydroxylation is 1. The molecule has 2 aromatic carbocycles. The summed E-state index contributed by atoms with van der Waals surface area (Å²) < 4.78 is 5.54. The van der Waals surface area contributed by atoms with Gasteiger partial charge in [-0.05, 0) is 54.7 Å². The fraction of sp³-hybridized carbons (Fsp3) is 0.333. The molecule has 2 N–H and O–H groups in total. The molecular formula is C18H20ClNO. The smallest absolute Gasteiger partial charge is 0.122 e. The van der Waals surface area contributed by atoms with Crippen LogP contribution in [0.2, 0.25) is 5.02 Å². The first-order valence-electron chi connectivity index (χ1n) is 7.34. The molecule has 0 bridgehead atoms. The molecule has 1 heterocycles. The highest BCUT2D eigenvalue weighted by Gasteiger charge is 2.21. The number of ether oxygens (including phenoxy) is 1.